The summed E-state index contributed by atoms with van der Waals surface area (Å²) in [5, 5.41) is 12.0. The summed E-state index contributed by atoms with van der Waals surface area (Å²) < 4.78 is 38.2. The van der Waals surface area contributed by atoms with Crippen LogP contribution in [0.2, 0.25) is 0 Å². The normalized spacial score (nSPS) is 16.4. The van der Waals surface area contributed by atoms with Gasteiger partial charge in [0.2, 0.25) is 0 Å². The average Bonchev–Trinajstić information content (AvgIpc) is 3.34. The van der Waals surface area contributed by atoms with Gasteiger partial charge in [0.05, 0.1) is 18.0 Å². The third kappa shape index (κ3) is 4.62. The summed E-state index contributed by atoms with van der Waals surface area (Å²) in [4.78, 5) is 16.0. The minimum atomic E-state index is -4.23. The van der Waals surface area contributed by atoms with Gasteiger partial charge in [0, 0.05) is 42.1 Å². The highest BCUT2D eigenvalue weighted by Gasteiger charge is 2.29. The number of rotatable bonds is 5. The molecule has 1 aliphatic heterocycles. The molecule has 0 radical (unpaired) electrons. The third-order valence-corrected chi connectivity index (χ3v) is 6.48. The van der Waals surface area contributed by atoms with E-state index >= 15 is 0 Å². The Morgan fingerprint density at radius 1 is 1.13 bits per heavy atom. The Labute approximate surface area is 179 Å². The number of aromatic nitrogens is 5. The Morgan fingerprint density at radius 2 is 1.97 bits per heavy atom. The molecule has 31 heavy (non-hydrogen) atoms. The molecule has 0 bridgehead atoms. The number of alkyl halides is 3. The highest BCUT2D eigenvalue weighted by molar-refractivity contribution is 7.18. The molecule has 1 aliphatic rings. The Hall–Kier alpha value is -2.79. The average molecular weight is 447 g/mol. The lowest BCUT2D eigenvalue weighted by Crippen LogP contribution is -2.38. The number of nitrogens with one attached hydrogen (secondary N) is 2. The molecule has 5 heterocycles. The van der Waals surface area contributed by atoms with Crippen molar-refractivity contribution in [2.24, 2.45) is 0 Å². The van der Waals surface area contributed by atoms with E-state index in [0.29, 0.717) is 16.0 Å². The van der Waals surface area contributed by atoms with Crippen LogP contribution in [-0.2, 0) is 13.0 Å². The standard InChI is InChI=1S/C20H20F3N7S/c21-20(22,23)7-15-6-16-18(25-11-26-19(16)31-15)28-14-1-3-30(4-2-14)10-12-5-13-9-27-29-17(13)24-8-12/h5-6,8-9,11,14H,1-4,7,10H2,(H,24,27,29)(H,25,26,28). The molecule has 0 saturated carbocycles. The molecule has 0 spiro atoms. The zero-order chi connectivity index (χ0) is 21.4. The van der Waals surface area contributed by atoms with E-state index in [9.17, 15) is 13.2 Å². The first-order chi connectivity index (χ1) is 14.9. The number of hydrogen-bond donors (Lipinski definition) is 2. The van der Waals surface area contributed by atoms with E-state index in [1.807, 2.05) is 6.20 Å². The van der Waals surface area contributed by atoms with Crippen molar-refractivity contribution in [1.29, 1.82) is 0 Å². The van der Waals surface area contributed by atoms with Gasteiger partial charge < -0.3 is 5.32 Å². The minimum Gasteiger partial charge on any atom is -0.367 e. The second-order valence-electron chi connectivity index (χ2n) is 7.79. The molecular formula is C20H20F3N7S. The second-order valence-corrected chi connectivity index (χ2v) is 8.91. The fourth-order valence-corrected chi connectivity index (χ4v) is 4.99. The van der Waals surface area contributed by atoms with Crippen molar-refractivity contribution in [3.05, 3.63) is 41.3 Å². The Balaban J connectivity index is 1.21. The molecule has 0 atom stereocenters. The molecule has 162 valence electrons. The van der Waals surface area contributed by atoms with Gasteiger partial charge >= 0.3 is 6.18 Å². The molecule has 0 unspecified atom stereocenters. The maximum absolute atomic E-state index is 12.7. The monoisotopic (exact) mass is 447 g/mol. The SMILES string of the molecule is FC(F)(F)Cc1cc2c(NC3CCN(Cc4cnc5[nH]ncc5c4)CC3)ncnc2s1. The number of halogens is 3. The highest BCUT2D eigenvalue weighted by atomic mass is 32.1. The van der Waals surface area contributed by atoms with Crippen molar-refractivity contribution >= 4 is 38.4 Å². The maximum atomic E-state index is 12.7. The number of H-pyrrole nitrogens is 1. The van der Waals surface area contributed by atoms with E-state index in [1.54, 1.807) is 12.3 Å². The van der Waals surface area contributed by atoms with Crippen LogP contribution in [0.4, 0.5) is 19.0 Å². The quantitative estimate of drug-likeness (QED) is 0.479. The Kier molecular flexibility index (Phi) is 5.22. The van der Waals surface area contributed by atoms with E-state index in [2.05, 4.69) is 41.4 Å². The molecule has 4 aromatic heterocycles. The van der Waals surface area contributed by atoms with Crippen LogP contribution in [0.15, 0.2) is 30.9 Å². The van der Waals surface area contributed by atoms with E-state index < -0.39 is 12.6 Å². The fraction of sp³-hybridized carbons (Fsp3) is 0.400. The van der Waals surface area contributed by atoms with Crippen LogP contribution in [0.3, 0.4) is 0 Å². The second kappa shape index (κ2) is 8.04. The van der Waals surface area contributed by atoms with Gasteiger partial charge in [-0.3, -0.25) is 10.00 Å². The molecule has 7 nitrogen and oxygen atoms in total. The van der Waals surface area contributed by atoms with Gasteiger partial charge in [-0.15, -0.1) is 11.3 Å². The van der Waals surface area contributed by atoms with Crippen molar-refractivity contribution in [3.63, 3.8) is 0 Å². The zero-order valence-electron chi connectivity index (χ0n) is 16.5. The summed E-state index contributed by atoms with van der Waals surface area (Å²) in [6.07, 6.45) is 1.73. The van der Waals surface area contributed by atoms with Crippen LogP contribution in [-0.4, -0.2) is 55.4 Å². The van der Waals surface area contributed by atoms with Crippen LogP contribution in [0, 0.1) is 0 Å². The van der Waals surface area contributed by atoms with Crippen molar-refractivity contribution in [3.8, 4) is 0 Å². The van der Waals surface area contributed by atoms with Crippen LogP contribution in [0.25, 0.3) is 21.3 Å². The van der Waals surface area contributed by atoms with E-state index in [1.165, 1.54) is 6.33 Å². The summed E-state index contributed by atoms with van der Waals surface area (Å²) in [5.74, 6) is 0.614. The molecule has 1 saturated heterocycles. The van der Waals surface area contributed by atoms with Gasteiger partial charge in [0.25, 0.3) is 0 Å². The first kappa shape index (κ1) is 20.1. The minimum absolute atomic E-state index is 0.217. The lowest BCUT2D eigenvalue weighted by molar-refractivity contribution is -0.126. The van der Waals surface area contributed by atoms with Gasteiger partial charge in [0.15, 0.2) is 5.65 Å². The lowest BCUT2D eigenvalue weighted by Gasteiger charge is -2.32. The Bertz CT molecular complexity index is 1190. The first-order valence-electron chi connectivity index (χ1n) is 10.00. The van der Waals surface area contributed by atoms with Crippen LogP contribution in [0.5, 0.6) is 0 Å². The highest BCUT2D eigenvalue weighted by Crippen LogP contribution is 2.33. The molecule has 1 fully saturated rings. The number of aromatic amines is 1. The number of anilines is 1. The molecule has 0 aromatic carbocycles. The molecule has 5 rings (SSSR count). The van der Waals surface area contributed by atoms with Gasteiger partial charge in [-0.05, 0) is 30.5 Å². The number of nitrogens with zero attached hydrogens (tertiary/aromatic N) is 5. The Morgan fingerprint density at radius 3 is 2.77 bits per heavy atom. The van der Waals surface area contributed by atoms with Gasteiger partial charge in [-0.1, -0.05) is 0 Å². The summed E-state index contributed by atoms with van der Waals surface area (Å²) in [6.45, 7) is 2.65. The van der Waals surface area contributed by atoms with Crippen LogP contribution in [0.1, 0.15) is 23.3 Å². The van der Waals surface area contributed by atoms with Gasteiger partial charge in [-0.25, -0.2) is 15.0 Å². The number of likely N-dealkylation sites (tertiary alicyclic amines) is 1. The molecular weight excluding hydrogens is 427 g/mol. The molecule has 4 aromatic rings. The van der Waals surface area contributed by atoms with Crippen molar-refractivity contribution < 1.29 is 13.2 Å². The summed E-state index contributed by atoms with van der Waals surface area (Å²) in [7, 11) is 0. The van der Waals surface area contributed by atoms with E-state index in [-0.39, 0.29) is 10.9 Å². The van der Waals surface area contributed by atoms with Gasteiger partial charge in [-0.2, -0.15) is 18.3 Å². The number of hydrogen-bond acceptors (Lipinski definition) is 7. The summed E-state index contributed by atoms with van der Waals surface area (Å²) >= 11 is 1.07. The van der Waals surface area contributed by atoms with Crippen molar-refractivity contribution in [2.75, 3.05) is 18.4 Å². The third-order valence-electron chi connectivity index (χ3n) is 5.44. The van der Waals surface area contributed by atoms with Crippen LogP contribution >= 0.6 is 11.3 Å². The maximum Gasteiger partial charge on any atom is 0.393 e. The lowest BCUT2D eigenvalue weighted by atomic mass is 10.0. The predicted molar refractivity (Wildman–Crippen MR) is 113 cm³/mol. The van der Waals surface area contributed by atoms with Crippen molar-refractivity contribution in [1.82, 2.24) is 30.0 Å². The predicted octanol–water partition coefficient (Wildman–Crippen LogP) is 4.14. The molecule has 2 N–H and O–H groups in total. The summed E-state index contributed by atoms with van der Waals surface area (Å²) in [5.41, 5.74) is 1.93. The largest absolute Gasteiger partial charge is 0.393 e. The molecule has 0 aliphatic carbocycles. The number of thiophene rings is 1. The fourth-order valence-electron chi connectivity index (χ4n) is 3.96. The number of pyridine rings is 1. The molecule has 0 amide bonds. The smallest absolute Gasteiger partial charge is 0.367 e. The van der Waals surface area contributed by atoms with Gasteiger partial charge in [0.1, 0.15) is 17.0 Å². The topological polar surface area (TPSA) is 82.6 Å². The molecule has 11 heteroatoms. The van der Waals surface area contributed by atoms with E-state index in [0.717, 1.165) is 60.4 Å². The number of fused-ring (bicyclic) bond motifs is 2. The van der Waals surface area contributed by atoms with Crippen LogP contribution < -0.4 is 5.32 Å². The zero-order valence-corrected chi connectivity index (χ0v) is 17.3. The van der Waals surface area contributed by atoms with E-state index in [4.69, 9.17) is 0 Å². The summed E-state index contributed by atoms with van der Waals surface area (Å²) in [6, 6.07) is 3.88. The first-order valence-corrected chi connectivity index (χ1v) is 10.8. The van der Waals surface area contributed by atoms with Crippen molar-refractivity contribution in [2.45, 2.75) is 38.0 Å². The number of piperidine rings is 1.